The van der Waals surface area contributed by atoms with Crippen molar-refractivity contribution in [3.63, 3.8) is 0 Å². The van der Waals surface area contributed by atoms with Gasteiger partial charge in [-0.05, 0) is 12.1 Å². The number of methoxy groups -OCH3 is 2. The van der Waals surface area contributed by atoms with Crippen LogP contribution in [0.15, 0.2) is 18.2 Å². The fraction of sp³-hybridized carbons (Fsp3) is 0.462. The van der Waals surface area contributed by atoms with Crippen LogP contribution in [0.4, 0.5) is 0 Å². The highest BCUT2D eigenvalue weighted by Gasteiger charge is 2.36. The summed E-state index contributed by atoms with van der Waals surface area (Å²) in [6, 6.07) is 4.34. The lowest BCUT2D eigenvalue weighted by atomic mass is 10.3. The fourth-order valence-electron chi connectivity index (χ4n) is 2.20. The van der Waals surface area contributed by atoms with Crippen LogP contribution < -0.4 is 0 Å². The molecule has 0 aromatic carbocycles. The minimum atomic E-state index is -1.16. The lowest BCUT2D eigenvalue weighted by Crippen LogP contribution is -2.31. The molecule has 20 heavy (non-hydrogen) atoms. The predicted octanol–water partition coefficient (Wildman–Crippen LogP) is 0.266. The molecule has 0 radical (unpaired) electrons. The van der Waals surface area contributed by atoms with E-state index in [0.717, 1.165) is 0 Å². The SMILES string of the molecule is COC1CN(C(=O)c2cccc(C(=O)O)n2)CC1OC. The molecular weight excluding hydrogens is 264 g/mol. The van der Waals surface area contributed by atoms with E-state index in [1.54, 1.807) is 19.1 Å². The van der Waals surface area contributed by atoms with Gasteiger partial charge < -0.3 is 19.5 Å². The zero-order valence-corrected chi connectivity index (χ0v) is 11.3. The maximum Gasteiger partial charge on any atom is 0.354 e. The highest BCUT2D eigenvalue weighted by Crippen LogP contribution is 2.17. The average Bonchev–Trinajstić information content (AvgIpc) is 2.89. The number of aromatic nitrogens is 1. The minimum Gasteiger partial charge on any atom is -0.477 e. The smallest absolute Gasteiger partial charge is 0.354 e. The first-order valence-corrected chi connectivity index (χ1v) is 6.12. The molecule has 1 aliphatic heterocycles. The number of amides is 1. The number of carbonyl (C=O) groups excluding carboxylic acids is 1. The van der Waals surface area contributed by atoms with E-state index in [4.69, 9.17) is 14.6 Å². The van der Waals surface area contributed by atoms with Crippen molar-refractivity contribution in [3.05, 3.63) is 29.6 Å². The first-order chi connectivity index (χ1) is 9.56. The second-order valence-corrected chi connectivity index (χ2v) is 4.47. The van der Waals surface area contributed by atoms with E-state index in [2.05, 4.69) is 4.98 Å². The maximum atomic E-state index is 12.3. The van der Waals surface area contributed by atoms with Crippen molar-refractivity contribution >= 4 is 11.9 Å². The largest absolute Gasteiger partial charge is 0.477 e. The summed E-state index contributed by atoms with van der Waals surface area (Å²) in [6.45, 7) is 0.791. The highest BCUT2D eigenvalue weighted by atomic mass is 16.5. The molecule has 2 rings (SSSR count). The van der Waals surface area contributed by atoms with Crippen molar-refractivity contribution in [1.82, 2.24) is 9.88 Å². The van der Waals surface area contributed by atoms with E-state index >= 15 is 0 Å². The number of nitrogens with zero attached hydrogens (tertiary/aromatic N) is 2. The first kappa shape index (κ1) is 14.4. The second-order valence-electron chi connectivity index (χ2n) is 4.47. The van der Waals surface area contributed by atoms with Gasteiger partial charge in [-0.25, -0.2) is 9.78 Å². The number of pyridine rings is 1. The van der Waals surface area contributed by atoms with Crippen molar-refractivity contribution < 1.29 is 24.2 Å². The Hall–Kier alpha value is -1.99. The Bertz CT molecular complexity index is 507. The molecule has 0 aliphatic carbocycles. The van der Waals surface area contributed by atoms with Gasteiger partial charge in [-0.15, -0.1) is 0 Å². The minimum absolute atomic E-state index is 0.108. The summed E-state index contributed by atoms with van der Waals surface area (Å²) in [5.41, 5.74) is -0.0434. The average molecular weight is 280 g/mol. The number of carboxylic acid groups (broad SMARTS) is 1. The first-order valence-electron chi connectivity index (χ1n) is 6.12. The summed E-state index contributed by atoms with van der Waals surface area (Å²) in [7, 11) is 3.13. The molecule has 0 saturated carbocycles. The third-order valence-corrected chi connectivity index (χ3v) is 3.30. The number of aromatic carboxylic acids is 1. The molecule has 1 aromatic rings. The highest BCUT2D eigenvalue weighted by molar-refractivity contribution is 5.94. The number of ether oxygens (including phenoxy) is 2. The van der Waals surface area contributed by atoms with E-state index in [-0.39, 0.29) is 29.5 Å². The molecule has 1 aliphatic rings. The van der Waals surface area contributed by atoms with E-state index < -0.39 is 5.97 Å². The molecule has 2 atom stereocenters. The molecule has 1 aromatic heterocycles. The van der Waals surface area contributed by atoms with Crippen LogP contribution in [0, 0.1) is 0 Å². The number of carbonyl (C=O) groups is 2. The third kappa shape index (κ3) is 2.78. The lowest BCUT2D eigenvalue weighted by molar-refractivity contribution is -0.00461. The molecule has 1 fully saturated rings. The van der Waals surface area contributed by atoms with Gasteiger partial charge in [0.25, 0.3) is 5.91 Å². The molecule has 1 amide bonds. The molecule has 2 heterocycles. The Morgan fingerprint density at radius 3 is 2.25 bits per heavy atom. The molecular formula is C13H16N2O5. The summed E-state index contributed by atoms with van der Waals surface area (Å²) < 4.78 is 10.5. The Labute approximate surface area is 116 Å². The monoisotopic (exact) mass is 280 g/mol. The lowest BCUT2D eigenvalue weighted by Gasteiger charge is -2.15. The van der Waals surface area contributed by atoms with Crippen molar-refractivity contribution in [1.29, 1.82) is 0 Å². The van der Waals surface area contributed by atoms with Gasteiger partial charge in [0, 0.05) is 27.3 Å². The normalized spacial score (nSPS) is 22.0. The van der Waals surface area contributed by atoms with Gasteiger partial charge in [-0.1, -0.05) is 6.07 Å². The molecule has 7 nitrogen and oxygen atoms in total. The van der Waals surface area contributed by atoms with E-state index in [0.29, 0.717) is 13.1 Å². The van der Waals surface area contributed by atoms with Crippen LogP contribution in [-0.2, 0) is 9.47 Å². The van der Waals surface area contributed by atoms with Crippen LogP contribution in [0.25, 0.3) is 0 Å². The standard InChI is InChI=1S/C13H16N2O5/c1-19-10-6-15(7-11(10)20-2)12(16)8-4-3-5-9(14-8)13(17)18/h3-5,10-11H,6-7H2,1-2H3,(H,17,18). The number of likely N-dealkylation sites (tertiary alicyclic amines) is 1. The van der Waals surface area contributed by atoms with Gasteiger partial charge in [0.2, 0.25) is 0 Å². The van der Waals surface area contributed by atoms with Gasteiger partial charge in [-0.3, -0.25) is 4.79 Å². The summed E-state index contributed by atoms with van der Waals surface area (Å²) in [5, 5.41) is 8.89. The quantitative estimate of drug-likeness (QED) is 0.851. The molecule has 108 valence electrons. The number of rotatable bonds is 4. The molecule has 1 saturated heterocycles. The zero-order valence-electron chi connectivity index (χ0n) is 11.3. The van der Waals surface area contributed by atoms with Gasteiger partial charge >= 0.3 is 5.97 Å². The topological polar surface area (TPSA) is 89.0 Å². The molecule has 7 heteroatoms. The van der Waals surface area contributed by atoms with Crippen LogP contribution in [0.1, 0.15) is 21.0 Å². The third-order valence-electron chi connectivity index (χ3n) is 3.30. The summed E-state index contributed by atoms with van der Waals surface area (Å²) in [4.78, 5) is 28.6. The van der Waals surface area contributed by atoms with Crippen LogP contribution >= 0.6 is 0 Å². The summed E-state index contributed by atoms with van der Waals surface area (Å²) in [6.07, 6.45) is -0.377. The summed E-state index contributed by atoms with van der Waals surface area (Å²) in [5.74, 6) is -1.49. The predicted molar refractivity (Wildman–Crippen MR) is 68.7 cm³/mol. The Balaban J connectivity index is 2.16. The zero-order chi connectivity index (χ0) is 14.7. The van der Waals surface area contributed by atoms with Crippen molar-refractivity contribution in [3.8, 4) is 0 Å². The Kier molecular flexibility index (Phi) is 4.31. The molecule has 1 N–H and O–H groups in total. The van der Waals surface area contributed by atoms with Gasteiger partial charge in [0.05, 0.1) is 0 Å². The number of carboxylic acids is 1. The van der Waals surface area contributed by atoms with Crippen LogP contribution in [0.2, 0.25) is 0 Å². The molecule has 2 unspecified atom stereocenters. The van der Waals surface area contributed by atoms with Crippen LogP contribution in [-0.4, -0.2) is 66.4 Å². The Morgan fingerprint density at radius 1 is 1.20 bits per heavy atom. The van der Waals surface area contributed by atoms with Crippen molar-refractivity contribution in [2.45, 2.75) is 12.2 Å². The van der Waals surface area contributed by atoms with Crippen LogP contribution in [0.3, 0.4) is 0 Å². The molecule has 0 bridgehead atoms. The van der Waals surface area contributed by atoms with Gasteiger partial charge in [0.15, 0.2) is 0 Å². The Morgan fingerprint density at radius 2 is 1.75 bits per heavy atom. The van der Waals surface area contributed by atoms with Crippen molar-refractivity contribution in [2.24, 2.45) is 0 Å². The fourth-order valence-corrected chi connectivity index (χ4v) is 2.20. The molecule has 0 spiro atoms. The number of hydrogen-bond acceptors (Lipinski definition) is 5. The van der Waals surface area contributed by atoms with Gasteiger partial charge in [-0.2, -0.15) is 0 Å². The summed E-state index contributed by atoms with van der Waals surface area (Å²) >= 11 is 0. The second kappa shape index (κ2) is 5.98. The maximum absolute atomic E-state index is 12.3. The van der Waals surface area contributed by atoms with E-state index in [1.165, 1.54) is 18.2 Å². The van der Waals surface area contributed by atoms with Crippen molar-refractivity contribution in [2.75, 3.05) is 27.3 Å². The van der Waals surface area contributed by atoms with E-state index in [1.807, 2.05) is 0 Å². The van der Waals surface area contributed by atoms with Crippen LogP contribution in [0.5, 0.6) is 0 Å². The number of hydrogen-bond donors (Lipinski definition) is 1. The van der Waals surface area contributed by atoms with Gasteiger partial charge in [0.1, 0.15) is 23.6 Å². The van der Waals surface area contributed by atoms with E-state index in [9.17, 15) is 9.59 Å².